The van der Waals surface area contributed by atoms with Crippen molar-refractivity contribution in [1.82, 2.24) is 4.98 Å². The third-order valence-electron chi connectivity index (χ3n) is 1.46. The molecule has 0 spiro atoms. The van der Waals surface area contributed by atoms with Gasteiger partial charge in [-0.3, -0.25) is 0 Å². The van der Waals surface area contributed by atoms with E-state index in [1.165, 1.54) is 6.20 Å². The normalized spacial score (nSPS) is 9.21. The maximum atomic E-state index is 8.70. The van der Waals surface area contributed by atoms with Crippen LogP contribution in [0.15, 0.2) is 23.3 Å². The molecule has 14 heavy (non-hydrogen) atoms. The third-order valence-corrected chi connectivity index (χ3v) is 2.12. The Balaban J connectivity index is 2.88. The largest absolute Gasteiger partial charge is 0.364 e. The molecule has 0 amide bonds. The predicted octanol–water partition coefficient (Wildman–Crippen LogP) is 2.93. The van der Waals surface area contributed by atoms with Gasteiger partial charge in [-0.1, -0.05) is 34.1 Å². The zero-order chi connectivity index (χ0) is 10.6. The molecule has 0 radical (unpaired) electrons. The van der Waals surface area contributed by atoms with Crippen molar-refractivity contribution in [1.29, 1.82) is 5.26 Å². The van der Waals surface area contributed by atoms with Gasteiger partial charge >= 0.3 is 0 Å². The van der Waals surface area contributed by atoms with Crippen LogP contribution in [0.2, 0.25) is 5.02 Å². The fourth-order valence-corrected chi connectivity index (χ4v) is 1.19. The van der Waals surface area contributed by atoms with Gasteiger partial charge in [0.05, 0.1) is 5.56 Å². The highest BCUT2D eigenvalue weighted by atomic mass is 79.9. The fraction of sp³-hybridized carbons (Fsp3) is 0.111. The smallest absolute Gasteiger partial charge is 0.146 e. The number of halogens is 2. The van der Waals surface area contributed by atoms with Gasteiger partial charge in [-0.05, 0) is 6.07 Å². The van der Waals surface area contributed by atoms with E-state index in [1.807, 2.05) is 6.07 Å². The van der Waals surface area contributed by atoms with E-state index >= 15 is 0 Å². The van der Waals surface area contributed by atoms with Gasteiger partial charge in [0.2, 0.25) is 0 Å². The Bertz CT molecular complexity index is 398. The standard InChI is InChI=1S/C9H7BrClN3/c1-6(10)5-14-9-8(11)7(4-12)2-3-13-9/h2-3H,1,5H2,(H,13,14). The van der Waals surface area contributed by atoms with Gasteiger partial charge in [0.1, 0.15) is 16.9 Å². The maximum Gasteiger partial charge on any atom is 0.146 e. The number of hydrogen-bond acceptors (Lipinski definition) is 3. The molecule has 0 saturated heterocycles. The lowest BCUT2D eigenvalue weighted by Gasteiger charge is -2.06. The first-order chi connectivity index (χ1) is 6.65. The summed E-state index contributed by atoms with van der Waals surface area (Å²) in [5, 5.41) is 12.0. The third kappa shape index (κ3) is 2.72. The fourth-order valence-electron chi connectivity index (χ4n) is 0.833. The van der Waals surface area contributed by atoms with Crippen molar-refractivity contribution in [2.75, 3.05) is 11.9 Å². The van der Waals surface area contributed by atoms with Crippen LogP contribution in [-0.4, -0.2) is 11.5 Å². The highest BCUT2D eigenvalue weighted by Gasteiger charge is 2.05. The van der Waals surface area contributed by atoms with Gasteiger partial charge in [0, 0.05) is 17.2 Å². The number of nitrogens with one attached hydrogen (secondary N) is 1. The quantitative estimate of drug-likeness (QED) is 0.920. The van der Waals surface area contributed by atoms with E-state index in [1.54, 1.807) is 6.07 Å². The summed E-state index contributed by atoms with van der Waals surface area (Å²) < 4.78 is 0.790. The molecule has 1 heterocycles. The Morgan fingerprint density at radius 1 is 1.79 bits per heavy atom. The van der Waals surface area contributed by atoms with E-state index in [4.69, 9.17) is 16.9 Å². The molecule has 72 valence electrons. The summed E-state index contributed by atoms with van der Waals surface area (Å²) in [6.07, 6.45) is 1.53. The number of anilines is 1. The molecular formula is C9H7BrClN3. The zero-order valence-corrected chi connectivity index (χ0v) is 9.56. The van der Waals surface area contributed by atoms with Gasteiger partial charge in [0.15, 0.2) is 0 Å². The molecule has 0 aliphatic rings. The van der Waals surface area contributed by atoms with Crippen LogP contribution in [0.3, 0.4) is 0 Å². The summed E-state index contributed by atoms with van der Waals surface area (Å²) in [5.74, 6) is 0.492. The minimum absolute atomic E-state index is 0.337. The summed E-state index contributed by atoms with van der Waals surface area (Å²) in [7, 11) is 0. The summed E-state index contributed by atoms with van der Waals surface area (Å²) in [6.45, 7) is 4.18. The lowest BCUT2D eigenvalue weighted by atomic mass is 10.3. The Morgan fingerprint density at radius 3 is 3.07 bits per heavy atom. The number of rotatable bonds is 3. The molecule has 1 aromatic rings. The minimum Gasteiger partial charge on any atom is -0.364 e. The van der Waals surface area contributed by atoms with E-state index < -0.39 is 0 Å². The minimum atomic E-state index is 0.337. The second-order valence-corrected chi connectivity index (χ2v) is 4.00. The van der Waals surface area contributed by atoms with E-state index in [2.05, 4.69) is 32.8 Å². The number of nitrogens with zero attached hydrogens (tertiary/aromatic N) is 2. The van der Waals surface area contributed by atoms with E-state index in [0.717, 1.165) is 4.48 Å². The van der Waals surface area contributed by atoms with Gasteiger partial charge in [-0.25, -0.2) is 4.98 Å². The Kier molecular flexibility index (Phi) is 3.93. The first kappa shape index (κ1) is 11.0. The Labute approximate surface area is 95.5 Å². The number of aromatic nitrogens is 1. The lowest BCUT2D eigenvalue weighted by molar-refractivity contribution is 1.22. The summed E-state index contributed by atoms with van der Waals surface area (Å²) >= 11 is 9.10. The average molecular weight is 273 g/mol. The van der Waals surface area contributed by atoms with Gasteiger partial charge < -0.3 is 5.32 Å². The van der Waals surface area contributed by atoms with Crippen LogP contribution in [0.4, 0.5) is 5.82 Å². The zero-order valence-electron chi connectivity index (χ0n) is 7.22. The molecule has 0 saturated carbocycles. The molecule has 0 aliphatic heterocycles. The first-order valence-corrected chi connectivity index (χ1v) is 4.94. The van der Waals surface area contributed by atoms with Crippen LogP contribution in [0, 0.1) is 11.3 Å². The highest BCUT2D eigenvalue weighted by molar-refractivity contribution is 9.11. The number of nitriles is 1. The predicted molar refractivity (Wildman–Crippen MR) is 60.5 cm³/mol. The van der Waals surface area contributed by atoms with Gasteiger partial charge in [0.25, 0.3) is 0 Å². The van der Waals surface area contributed by atoms with Crippen LogP contribution in [0.1, 0.15) is 5.56 Å². The molecule has 0 unspecified atom stereocenters. The monoisotopic (exact) mass is 271 g/mol. The molecule has 1 rings (SSSR count). The molecule has 3 nitrogen and oxygen atoms in total. The molecule has 0 atom stereocenters. The Hall–Kier alpha value is -1.05. The lowest BCUT2D eigenvalue weighted by Crippen LogP contribution is -2.03. The molecule has 0 aliphatic carbocycles. The summed E-state index contributed by atoms with van der Waals surface area (Å²) in [4.78, 5) is 4.00. The SMILES string of the molecule is C=C(Br)CNc1nccc(C#N)c1Cl. The molecular weight excluding hydrogens is 265 g/mol. The van der Waals surface area contributed by atoms with Crippen LogP contribution in [0.5, 0.6) is 0 Å². The van der Waals surface area contributed by atoms with Crippen molar-refractivity contribution in [3.05, 3.63) is 33.9 Å². The van der Waals surface area contributed by atoms with Crippen molar-refractivity contribution in [3.63, 3.8) is 0 Å². The van der Waals surface area contributed by atoms with E-state index in [0.29, 0.717) is 22.9 Å². The van der Waals surface area contributed by atoms with Crippen LogP contribution < -0.4 is 5.32 Å². The van der Waals surface area contributed by atoms with Crippen molar-refractivity contribution >= 4 is 33.3 Å². The second kappa shape index (κ2) is 4.99. The Morgan fingerprint density at radius 2 is 2.50 bits per heavy atom. The van der Waals surface area contributed by atoms with E-state index in [9.17, 15) is 0 Å². The summed E-state index contributed by atoms with van der Waals surface area (Å²) in [6, 6.07) is 3.54. The van der Waals surface area contributed by atoms with E-state index in [-0.39, 0.29) is 0 Å². The molecule has 0 fully saturated rings. The second-order valence-electron chi connectivity index (χ2n) is 2.50. The van der Waals surface area contributed by atoms with Gasteiger partial charge in [-0.15, -0.1) is 0 Å². The number of pyridine rings is 1. The molecule has 1 N–H and O–H groups in total. The average Bonchev–Trinajstić information content (AvgIpc) is 2.16. The van der Waals surface area contributed by atoms with Crippen molar-refractivity contribution in [2.45, 2.75) is 0 Å². The highest BCUT2D eigenvalue weighted by Crippen LogP contribution is 2.22. The van der Waals surface area contributed by atoms with Crippen molar-refractivity contribution in [3.8, 4) is 6.07 Å². The molecule has 0 bridgehead atoms. The van der Waals surface area contributed by atoms with Crippen molar-refractivity contribution in [2.24, 2.45) is 0 Å². The van der Waals surface area contributed by atoms with Crippen LogP contribution in [0.25, 0.3) is 0 Å². The molecule has 1 aromatic heterocycles. The van der Waals surface area contributed by atoms with Crippen LogP contribution >= 0.6 is 27.5 Å². The van der Waals surface area contributed by atoms with Crippen molar-refractivity contribution < 1.29 is 0 Å². The molecule has 0 aromatic carbocycles. The number of hydrogen-bond donors (Lipinski definition) is 1. The van der Waals surface area contributed by atoms with Gasteiger partial charge in [-0.2, -0.15) is 5.26 Å². The summed E-state index contributed by atoms with van der Waals surface area (Å²) in [5.41, 5.74) is 0.407. The van der Waals surface area contributed by atoms with Crippen LogP contribution in [-0.2, 0) is 0 Å². The topological polar surface area (TPSA) is 48.7 Å². The first-order valence-electron chi connectivity index (χ1n) is 3.77. The molecule has 5 heteroatoms. The maximum absolute atomic E-state index is 8.70.